The monoisotopic (exact) mass is 335 g/mol. The Labute approximate surface area is 149 Å². The summed E-state index contributed by atoms with van der Waals surface area (Å²) in [5.74, 6) is 0.444. The fourth-order valence-electron chi connectivity index (χ4n) is 4.09. The fourth-order valence-corrected chi connectivity index (χ4v) is 4.09. The standard InChI is InChI=1S/C21H25N3O/c1-3-23(2)16-9-10-17-18(13-16)19(15-7-5-4-6-8-15)14-24-12-11-22-21(25)20(17)24/h4-10,13,19-20H,3,11-12,14H2,1-2H3,(H,22,25)/t19-,20-/m0/s1. The number of hydrogen-bond donors (Lipinski definition) is 1. The lowest BCUT2D eigenvalue weighted by Gasteiger charge is -2.43. The number of nitrogens with one attached hydrogen (secondary N) is 1. The highest BCUT2D eigenvalue weighted by atomic mass is 16.2. The number of piperazine rings is 1. The summed E-state index contributed by atoms with van der Waals surface area (Å²) in [6.07, 6.45) is 0. The first kappa shape index (κ1) is 16.2. The molecule has 0 spiro atoms. The first-order valence-electron chi connectivity index (χ1n) is 9.10. The molecular weight excluding hydrogens is 310 g/mol. The lowest BCUT2D eigenvalue weighted by Crippen LogP contribution is -2.53. The van der Waals surface area contributed by atoms with Crippen LogP contribution in [0.15, 0.2) is 48.5 Å². The minimum atomic E-state index is -0.148. The summed E-state index contributed by atoms with van der Waals surface area (Å²) >= 11 is 0. The van der Waals surface area contributed by atoms with Crippen LogP contribution in [0.2, 0.25) is 0 Å². The van der Waals surface area contributed by atoms with Gasteiger partial charge in [-0.1, -0.05) is 36.4 Å². The first-order valence-corrected chi connectivity index (χ1v) is 9.10. The van der Waals surface area contributed by atoms with Crippen LogP contribution < -0.4 is 10.2 Å². The molecule has 4 heteroatoms. The molecule has 1 fully saturated rings. The van der Waals surface area contributed by atoms with Gasteiger partial charge in [0.05, 0.1) is 0 Å². The Bertz CT molecular complexity index is 774. The lowest BCUT2D eigenvalue weighted by atomic mass is 9.80. The molecule has 2 aliphatic heterocycles. The maximum Gasteiger partial charge on any atom is 0.242 e. The van der Waals surface area contributed by atoms with Gasteiger partial charge in [-0.3, -0.25) is 9.69 Å². The van der Waals surface area contributed by atoms with E-state index in [2.05, 4.69) is 77.6 Å². The Hall–Kier alpha value is -2.33. The van der Waals surface area contributed by atoms with Gasteiger partial charge < -0.3 is 10.2 Å². The summed E-state index contributed by atoms with van der Waals surface area (Å²) in [7, 11) is 2.11. The smallest absolute Gasteiger partial charge is 0.242 e. The van der Waals surface area contributed by atoms with E-state index in [1.54, 1.807) is 0 Å². The highest BCUT2D eigenvalue weighted by Gasteiger charge is 2.39. The zero-order valence-electron chi connectivity index (χ0n) is 14.9. The van der Waals surface area contributed by atoms with Gasteiger partial charge in [0.1, 0.15) is 6.04 Å². The van der Waals surface area contributed by atoms with Gasteiger partial charge in [0.15, 0.2) is 0 Å². The van der Waals surface area contributed by atoms with E-state index in [9.17, 15) is 4.79 Å². The highest BCUT2D eigenvalue weighted by Crippen LogP contribution is 2.41. The van der Waals surface area contributed by atoms with E-state index in [0.29, 0.717) is 5.92 Å². The van der Waals surface area contributed by atoms with E-state index in [1.165, 1.54) is 16.8 Å². The highest BCUT2D eigenvalue weighted by molar-refractivity contribution is 5.85. The third-order valence-electron chi connectivity index (χ3n) is 5.59. The number of fused-ring (bicyclic) bond motifs is 3. The molecule has 4 rings (SSSR count). The van der Waals surface area contributed by atoms with Crippen molar-refractivity contribution in [1.82, 2.24) is 10.2 Å². The van der Waals surface area contributed by atoms with Crippen molar-refractivity contribution >= 4 is 11.6 Å². The summed E-state index contributed by atoms with van der Waals surface area (Å²) < 4.78 is 0. The van der Waals surface area contributed by atoms with Crippen molar-refractivity contribution in [3.63, 3.8) is 0 Å². The van der Waals surface area contributed by atoms with Gasteiger partial charge in [-0.05, 0) is 35.7 Å². The molecule has 130 valence electrons. The molecule has 0 aliphatic carbocycles. The Morgan fingerprint density at radius 2 is 1.96 bits per heavy atom. The molecule has 2 atom stereocenters. The molecule has 0 unspecified atom stereocenters. The van der Waals surface area contributed by atoms with Gasteiger partial charge in [-0.2, -0.15) is 0 Å². The van der Waals surface area contributed by atoms with E-state index in [1.807, 2.05) is 0 Å². The zero-order valence-corrected chi connectivity index (χ0v) is 14.9. The molecule has 2 heterocycles. The Kier molecular flexibility index (Phi) is 4.22. The maximum atomic E-state index is 12.5. The second-order valence-corrected chi connectivity index (χ2v) is 6.98. The summed E-state index contributed by atoms with van der Waals surface area (Å²) in [6, 6.07) is 17.1. The predicted octanol–water partition coefficient (Wildman–Crippen LogP) is 2.76. The number of rotatable bonds is 3. The molecule has 0 aromatic heterocycles. The first-order chi connectivity index (χ1) is 12.2. The molecule has 2 aromatic carbocycles. The van der Waals surface area contributed by atoms with Gasteiger partial charge in [-0.25, -0.2) is 0 Å². The fraction of sp³-hybridized carbons (Fsp3) is 0.381. The van der Waals surface area contributed by atoms with Crippen molar-refractivity contribution in [2.45, 2.75) is 18.9 Å². The molecule has 1 N–H and O–H groups in total. The molecule has 1 saturated heterocycles. The van der Waals surface area contributed by atoms with Crippen LogP contribution in [0.4, 0.5) is 5.69 Å². The SMILES string of the molecule is CCN(C)c1ccc2c(c1)[C@H](c1ccccc1)CN1CCNC(=O)[C@H]21. The molecule has 2 aliphatic rings. The summed E-state index contributed by atoms with van der Waals surface area (Å²) in [6.45, 7) is 5.67. The number of carbonyl (C=O) groups excluding carboxylic acids is 1. The van der Waals surface area contributed by atoms with Crippen LogP contribution in [0.1, 0.15) is 35.6 Å². The van der Waals surface area contributed by atoms with Crippen molar-refractivity contribution in [1.29, 1.82) is 0 Å². The molecule has 0 bridgehead atoms. The third kappa shape index (κ3) is 2.81. The lowest BCUT2D eigenvalue weighted by molar-refractivity contribution is -0.129. The number of nitrogens with zero attached hydrogens (tertiary/aromatic N) is 2. The minimum Gasteiger partial charge on any atom is -0.375 e. The topological polar surface area (TPSA) is 35.6 Å². The van der Waals surface area contributed by atoms with E-state index in [0.717, 1.165) is 31.7 Å². The average Bonchev–Trinajstić information content (AvgIpc) is 2.67. The number of amides is 1. The van der Waals surface area contributed by atoms with Crippen molar-refractivity contribution in [2.75, 3.05) is 38.1 Å². The Morgan fingerprint density at radius 1 is 1.16 bits per heavy atom. The van der Waals surface area contributed by atoms with Crippen molar-refractivity contribution < 1.29 is 4.79 Å². The quantitative estimate of drug-likeness (QED) is 0.937. The molecule has 25 heavy (non-hydrogen) atoms. The zero-order chi connectivity index (χ0) is 17.4. The number of hydrogen-bond acceptors (Lipinski definition) is 3. The van der Waals surface area contributed by atoms with Gasteiger partial charge in [0.25, 0.3) is 0 Å². The van der Waals surface area contributed by atoms with Gasteiger partial charge in [-0.15, -0.1) is 0 Å². The largest absolute Gasteiger partial charge is 0.375 e. The van der Waals surface area contributed by atoms with E-state index in [-0.39, 0.29) is 11.9 Å². The van der Waals surface area contributed by atoms with Crippen LogP contribution in [0.5, 0.6) is 0 Å². The summed E-state index contributed by atoms with van der Waals surface area (Å²) in [5, 5.41) is 3.03. The molecule has 0 saturated carbocycles. The van der Waals surface area contributed by atoms with Crippen molar-refractivity contribution in [3.05, 3.63) is 65.2 Å². The van der Waals surface area contributed by atoms with Gasteiger partial charge in [0, 0.05) is 44.8 Å². The Morgan fingerprint density at radius 3 is 2.72 bits per heavy atom. The minimum absolute atomic E-state index is 0.135. The third-order valence-corrected chi connectivity index (χ3v) is 5.59. The Balaban J connectivity index is 1.84. The molecule has 2 aromatic rings. The molecule has 0 radical (unpaired) electrons. The maximum absolute atomic E-state index is 12.5. The second kappa shape index (κ2) is 6.52. The number of anilines is 1. The molecule has 1 amide bonds. The van der Waals surface area contributed by atoms with E-state index >= 15 is 0 Å². The van der Waals surface area contributed by atoms with Gasteiger partial charge >= 0.3 is 0 Å². The van der Waals surface area contributed by atoms with E-state index in [4.69, 9.17) is 0 Å². The average molecular weight is 335 g/mol. The number of carbonyl (C=O) groups is 1. The van der Waals surface area contributed by atoms with Crippen molar-refractivity contribution in [3.8, 4) is 0 Å². The van der Waals surface area contributed by atoms with Crippen molar-refractivity contribution in [2.24, 2.45) is 0 Å². The molecule has 4 nitrogen and oxygen atoms in total. The second-order valence-electron chi connectivity index (χ2n) is 6.98. The van der Waals surface area contributed by atoms with Crippen LogP contribution in [-0.4, -0.2) is 44.0 Å². The van der Waals surface area contributed by atoms with Crippen LogP contribution >= 0.6 is 0 Å². The number of benzene rings is 2. The van der Waals surface area contributed by atoms with Crippen LogP contribution in [0, 0.1) is 0 Å². The summed E-state index contributed by atoms with van der Waals surface area (Å²) in [5.41, 5.74) is 4.99. The summed E-state index contributed by atoms with van der Waals surface area (Å²) in [4.78, 5) is 17.1. The van der Waals surface area contributed by atoms with Crippen LogP contribution in [-0.2, 0) is 4.79 Å². The van der Waals surface area contributed by atoms with Gasteiger partial charge in [0.2, 0.25) is 5.91 Å². The molecular formula is C21H25N3O. The normalized spacial score (nSPS) is 22.7. The van der Waals surface area contributed by atoms with Crippen LogP contribution in [0.3, 0.4) is 0 Å². The van der Waals surface area contributed by atoms with Crippen LogP contribution in [0.25, 0.3) is 0 Å². The van der Waals surface area contributed by atoms with E-state index < -0.39 is 0 Å². The predicted molar refractivity (Wildman–Crippen MR) is 101 cm³/mol.